The molecule has 2 aliphatic rings. The van der Waals surface area contributed by atoms with Gasteiger partial charge in [-0.3, -0.25) is 9.59 Å². The number of H-pyrrole nitrogens is 1. The van der Waals surface area contributed by atoms with E-state index in [1.54, 1.807) is 6.92 Å². The van der Waals surface area contributed by atoms with Crippen molar-refractivity contribution in [3.05, 3.63) is 27.4 Å². The van der Waals surface area contributed by atoms with Crippen LogP contribution in [0.1, 0.15) is 72.7 Å². The summed E-state index contributed by atoms with van der Waals surface area (Å²) in [6.07, 6.45) is 7.72. The number of aryl methyl sites for hydroxylation is 1. The van der Waals surface area contributed by atoms with Crippen molar-refractivity contribution >= 4 is 5.91 Å². The smallest absolute Gasteiger partial charge is 0.264 e. The standard InChI is InChI=1S/C15H21N3O2/c1-9-12(14(19)17-11-5-3-2-4-6-11)15(20)18-13(16-9)10-7-8-10/h10-11H,2-8H2,1H3,(H,17,19)(H,16,18,20). The number of carbonyl (C=O) groups is 1. The molecule has 0 unspecified atom stereocenters. The number of nitrogens with one attached hydrogen (secondary N) is 2. The van der Waals surface area contributed by atoms with Crippen molar-refractivity contribution in [1.82, 2.24) is 15.3 Å². The molecule has 1 heterocycles. The molecule has 2 N–H and O–H groups in total. The van der Waals surface area contributed by atoms with Crippen LogP contribution in [-0.2, 0) is 0 Å². The van der Waals surface area contributed by atoms with Crippen LogP contribution in [0.15, 0.2) is 4.79 Å². The molecule has 20 heavy (non-hydrogen) atoms. The van der Waals surface area contributed by atoms with Crippen molar-refractivity contribution in [2.45, 2.75) is 63.8 Å². The molecule has 0 aromatic carbocycles. The Hall–Kier alpha value is -1.65. The van der Waals surface area contributed by atoms with Crippen LogP contribution in [0.4, 0.5) is 0 Å². The number of aromatic amines is 1. The van der Waals surface area contributed by atoms with Crippen LogP contribution in [0.5, 0.6) is 0 Å². The Morgan fingerprint density at radius 2 is 1.90 bits per heavy atom. The third-order valence-corrected chi connectivity index (χ3v) is 4.25. The van der Waals surface area contributed by atoms with Gasteiger partial charge in [0, 0.05) is 12.0 Å². The van der Waals surface area contributed by atoms with Crippen LogP contribution in [0.25, 0.3) is 0 Å². The third kappa shape index (κ3) is 2.76. The lowest BCUT2D eigenvalue weighted by molar-refractivity contribution is 0.0925. The van der Waals surface area contributed by atoms with Crippen LogP contribution in [0.2, 0.25) is 0 Å². The molecule has 0 aliphatic heterocycles. The molecule has 5 nitrogen and oxygen atoms in total. The van der Waals surface area contributed by atoms with Crippen molar-refractivity contribution in [3.63, 3.8) is 0 Å². The van der Waals surface area contributed by atoms with E-state index in [1.807, 2.05) is 0 Å². The fourth-order valence-corrected chi connectivity index (χ4v) is 2.93. The SMILES string of the molecule is Cc1nc(C2CC2)[nH]c(=O)c1C(=O)NC1CCCCC1. The highest BCUT2D eigenvalue weighted by molar-refractivity contribution is 5.95. The minimum absolute atomic E-state index is 0.181. The van der Waals surface area contributed by atoms with Gasteiger partial charge >= 0.3 is 0 Å². The van der Waals surface area contributed by atoms with Crippen LogP contribution in [0.3, 0.4) is 0 Å². The Morgan fingerprint density at radius 1 is 1.20 bits per heavy atom. The number of hydrogen-bond acceptors (Lipinski definition) is 3. The van der Waals surface area contributed by atoms with Gasteiger partial charge in [-0.05, 0) is 32.6 Å². The molecule has 0 bridgehead atoms. The molecule has 1 amide bonds. The van der Waals surface area contributed by atoms with E-state index < -0.39 is 0 Å². The van der Waals surface area contributed by atoms with Gasteiger partial charge in [0.15, 0.2) is 0 Å². The first-order valence-electron chi connectivity index (χ1n) is 7.57. The highest BCUT2D eigenvalue weighted by Gasteiger charge is 2.28. The highest BCUT2D eigenvalue weighted by atomic mass is 16.2. The Labute approximate surface area is 118 Å². The minimum Gasteiger partial charge on any atom is -0.349 e. The fraction of sp³-hybridized carbons (Fsp3) is 0.667. The fourth-order valence-electron chi connectivity index (χ4n) is 2.93. The number of nitrogens with zero attached hydrogens (tertiary/aromatic N) is 1. The summed E-state index contributed by atoms with van der Waals surface area (Å²) in [5, 5.41) is 2.98. The van der Waals surface area contributed by atoms with Crippen molar-refractivity contribution in [3.8, 4) is 0 Å². The van der Waals surface area contributed by atoms with Crippen molar-refractivity contribution in [2.75, 3.05) is 0 Å². The summed E-state index contributed by atoms with van der Waals surface area (Å²) in [7, 11) is 0. The van der Waals surface area contributed by atoms with E-state index in [9.17, 15) is 9.59 Å². The molecule has 3 rings (SSSR count). The Morgan fingerprint density at radius 3 is 2.50 bits per heavy atom. The molecular weight excluding hydrogens is 254 g/mol. The third-order valence-electron chi connectivity index (χ3n) is 4.25. The molecule has 0 atom stereocenters. The van der Waals surface area contributed by atoms with E-state index in [0.717, 1.165) is 44.3 Å². The first kappa shape index (κ1) is 13.3. The zero-order chi connectivity index (χ0) is 14.1. The maximum Gasteiger partial charge on any atom is 0.264 e. The number of rotatable bonds is 3. The normalized spacial score (nSPS) is 19.9. The van der Waals surface area contributed by atoms with Gasteiger partial charge in [0.05, 0.1) is 5.69 Å². The van der Waals surface area contributed by atoms with Gasteiger partial charge in [-0.15, -0.1) is 0 Å². The van der Waals surface area contributed by atoms with Gasteiger partial charge in [-0.2, -0.15) is 0 Å². The van der Waals surface area contributed by atoms with Crippen LogP contribution < -0.4 is 10.9 Å². The first-order chi connectivity index (χ1) is 9.65. The minimum atomic E-state index is -0.298. The van der Waals surface area contributed by atoms with Crippen LogP contribution in [0, 0.1) is 6.92 Å². The second-order valence-corrected chi connectivity index (χ2v) is 5.99. The second kappa shape index (κ2) is 5.38. The molecule has 108 valence electrons. The molecule has 2 saturated carbocycles. The first-order valence-corrected chi connectivity index (χ1v) is 7.57. The van der Waals surface area contributed by atoms with Gasteiger partial charge in [0.1, 0.15) is 11.4 Å². The second-order valence-electron chi connectivity index (χ2n) is 5.99. The van der Waals surface area contributed by atoms with Gasteiger partial charge in [0.25, 0.3) is 11.5 Å². The van der Waals surface area contributed by atoms with E-state index >= 15 is 0 Å². The highest BCUT2D eigenvalue weighted by Crippen LogP contribution is 2.37. The Kier molecular flexibility index (Phi) is 3.59. The van der Waals surface area contributed by atoms with Crippen molar-refractivity contribution in [2.24, 2.45) is 0 Å². The molecule has 0 spiro atoms. The van der Waals surface area contributed by atoms with E-state index in [1.165, 1.54) is 6.42 Å². The Bertz CT molecular complexity index is 569. The molecule has 1 aromatic rings. The predicted octanol–water partition coefficient (Wildman–Crippen LogP) is 2.02. The van der Waals surface area contributed by atoms with E-state index in [2.05, 4.69) is 15.3 Å². The maximum absolute atomic E-state index is 12.3. The molecule has 0 radical (unpaired) electrons. The number of amides is 1. The summed E-state index contributed by atoms with van der Waals surface area (Å²) in [5.41, 5.74) is 0.427. The maximum atomic E-state index is 12.3. The lowest BCUT2D eigenvalue weighted by Crippen LogP contribution is -2.39. The zero-order valence-corrected chi connectivity index (χ0v) is 11.9. The Balaban J connectivity index is 1.78. The summed E-state index contributed by atoms with van der Waals surface area (Å²) in [6, 6.07) is 0.207. The predicted molar refractivity (Wildman–Crippen MR) is 75.9 cm³/mol. The lowest BCUT2D eigenvalue weighted by Gasteiger charge is -2.22. The van der Waals surface area contributed by atoms with Crippen LogP contribution in [-0.4, -0.2) is 21.9 Å². The molecular formula is C15H21N3O2. The largest absolute Gasteiger partial charge is 0.349 e. The number of aromatic nitrogens is 2. The average molecular weight is 275 g/mol. The van der Waals surface area contributed by atoms with Gasteiger partial charge < -0.3 is 10.3 Å². The lowest BCUT2D eigenvalue weighted by atomic mass is 9.95. The summed E-state index contributed by atoms with van der Waals surface area (Å²) < 4.78 is 0. The van der Waals surface area contributed by atoms with Gasteiger partial charge in [-0.1, -0.05) is 19.3 Å². The summed E-state index contributed by atoms with van der Waals surface area (Å²) in [5.74, 6) is 0.851. The van der Waals surface area contributed by atoms with Crippen LogP contribution >= 0.6 is 0 Å². The van der Waals surface area contributed by atoms with E-state index in [0.29, 0.717) is 11.6 Å². The topological polar surface area (TPSA) is 74.8 Å². The van der Waals surface area contributed by atoms with E-state index in [-0.39, 0.29) is 23.1 Å². The monoisotopic (exact) mass is 275 g/mol. The summed E-state index contributed by atoms with van der Waals surface area (Å²) in [6.45, 7) is 1.75. The van der Waals surface area contributed by atoms with Crippen molar-refractivity contribution in [1.29, 1.82) is 0 Å². The number of carbonyl (C=O) groups excluding carboxylic acids is 1. The molecule has 5 heteroatoms. The number of hydrogen-bond donors (Lipinski definition) is 2. The average Bonchev–Trinajstić information content (AvgIpc) is 3.23. The molecule has 1 aromatic heterocycles. The summed E-state index contributed by atoms with van der Waals surface area (Å²) in [4.78, 5) is 31.6. The summed E-state index contributed by atoms with van der Waals surface area (Å²) >= 11 is 0. The van der Waals surface area contributed by atoms with E-state index in [4.69, 9.17) is 0 Å². The molecule has 0 saturated heterocycles. The van der Waals surface area contributed by atoms with Gasteiger partial charge in [-0.25, -0.2) is 4.98 Å². The zero-order valence-electron chi connectivity index (χ0n) is 11.9. The van der Waals surface area contributed by atoms with Crippen molar-refractivity contribution < 1.29 is 4.79 Å². The quantitative estimate of drug-likeness (QED) is 0.886. The molecule has 2 fully saturated rings. The van der Waals surface area contributed by atoms with Gasteiger partial charge in [0.2, 0.25) is 0 Å². The molecule has 2 aliphatic carbocycles.